The Bertz CT molecular complexity index is 679. The summed E-state index contributed by atoms with van der Waals surface area (Å²) in [7, 11) is 1.30. The highest BCUT2D eigenvalue weighted by Crippen LogP contribution is 2.34. The largest absolute Gasteiger partial charge is 0.493 e. The SMILES string of the molecule is COC(=O)c1cc(OCCCBr)c2c(Cl)cc(Cl)cc2n1. The van der Waals surface area contributed by atoms with Crippen LogP contribution in [0.4, 0.5) is 0 Å². The van der Waals surface area contributed by atoms with E-state index in [1.165, 1.54) is 13.2 Å². The van der Waals surface area contributed by atoms with Crippen molar-refractivity contribution in [2.24, 2.45) is 0 Å². The lowest BCUT2D eigenvalue weighted by Crippen LogP contribution is -2.07. The van der Waals surface area contributed by atoms with Gasteiger partial charge in [0.1, 0.15) is 5.75 Å². The zero-order valence-electron chi connectivity index (χ0n) is 11.2. The molecule has 0 radical (unpaired) electrons. The Balaban J connectivity index is 2.57. The summed E-state index contributed by atoms with van der Waals surface area (Å²) < 4.78 is 10.4. The van der Waals surface area contributed by atoms with E-state index in [0.717, 1.165) is 11.8 Å². The molecule has 7 heteroatoms. The van der Waals surface area contributed by atoms with Crippen LogP contribution in [0.2, 0.25) is 10.0 Å². The number of carbonyl (C=O) groups excluding carboxylic acids is 1. The molecule has 0 aliphatic rings. The second-order valence-electron chi connectivity index (χ2n) is 4.17. The number of hydrogen-bond acceptors (Lipinski definition) is 4. The quantitative estimate of drug-likeness (QED) is 0.427. The van der Waals surface area contributed by atoms with Crippen LogP contribution >= 0.6 is 39.1 Å². The Morgan fingerprint density at radius 3 is 2.76 bits per heavy atom. The van der Waals surface area contributed by atoms with Crippen molar-refractivity contribution in [3.63, 3.8) is 0 Å². The summed E-state index contributed by atoms with van der Waals surface area (Å²) in [6, 6.07) is 4.77. The summed E-state index contributed by atoms with van der Waals surface area (Å²) in [5.41, 5.74) is 0.640. The van der Waals surface area contributed by atoms with Gasteiger partial charge in [-0.2, -0.15) is 0 Å². The molecule has 2 aromatic rings. The van der Waals surface area contributed by atoms with Gasteiger partial charge in [-0.1, -0.05) is 39.1 Å². The predicted molar refractivity (Wildman–Crippen MR) is 87.0 cm³/mol. The molecule has 0 fully saturated rings. The van der Waals surface area contributed by atoms with Gasteiger partial charge < -0.3 is 9.47 Å². The van der Waals surface area contributed by atoms with Crippen molar-refractivity contribution in [3.05, 3.63) is 33.9 Å². The van der Waals surface area contributed by atoms with Crippen LogP contribution in [0.5, 0.6) is 5.75 Å². The molecule has 4 nitrogen and oxygen atoms in total. The molecule has 0 aliphatic heterocycles. The van der Waals surface area contributed by atoms with Crippen molar-refractivity contribution in [1.29, 1.82) is 0 Å². The molecule has 1 aromatic heterocycles. The summed E-state index contributed by atoms with van der Waals surface area (Å²) >= 11 is 15.5. The van der Waals surface area contributed by atoms with Crippen LogP contribution in [0, 0.1) is 0 Å². The topological polar surface area (TPSA) is 48.4 Å². The molecule has 112 valence electrons. The van der Waals surface area contributed by atoms with Crippen LogP contribution in [-0.2, 0) is 4.74 Å². The third-order valence-electron chi connectivity index (χ3n) is 2.72. The summed E-state index contributed by atoms with van der Waals surface area (Å²) in [5.74, 6) is -0.0543. The lowest BCUT2D eigenvalue weighted by molar-refractivity contribution is 0.0594. The van der Waals surface area contributed by atoms with Crippen LogP contribution in [0.3, 0.4) is 0 Å². The normalized spacial score (nSPS) is 10.7. The van der Waals surface area contributed by atoms with E-state index >= 15 is 0 Å². The van der Waals surface area contributed by atoms with Gasteiger partial charge in [0.15, 0.2) is 5.69 Å². The van der Waals surface area contributed by atoms with E-state index in [2.05, 4.69) is 20.9 Å². The molecule has 0 amide bonds. The first kappa shape index (κ1) is 16.3. The minimum Gasteiger partial charge on any atom is -0.493 e. The Morgan fingerprint density at radius 1 is 1.33 bits per heavy atom. The van der Waals surface area contributed by atoms with Gasteiger partial charge in [-0.05, 0) is 18.6 Å². The Kier molecular flexibility index (Phi) is 5.67. The molecule has 21 heavy (non-hydrogen) atoms. The maximum Gasteiger partial charge on any atom is 0.356 e. The molecule has 0 spiro atoms. The second-order valence-corrected chi connectivity index (χ2v) is 5.81. The van der Waals surface area contributed by atoms with E-state index in [-0.39, 0.29) is 5.69 Å². The molecule has 0 atom stereocenters. The third-order valence-corrected chi connectivity index (χ3v) is 3.80. The Hall–Kier alpha value is -1.04. The van der Waals surface area contributed by atoms with E-state index < -0.39 is 5.97 Å². The number of nitrogens with zero attached hydrogens (tertiary/aromatic N) is 1. The highest BCUT2D eigenvalue weighted by atomic mass is 79.9. The number of aromatic nitrogens is 1. The zero-order chi connectivity index (χ0) is 15.4. The highest BCUT2D eigenvalue weighted by Gasteiger charge is 2.16. The summed E-state index contributed by atoms with van der Waals surface area (Å²) in [4.78, 5) is 15.9. The van der Waals surface area contributed by atoms with Gasteiger partial charge in [-0.3, -0.25) is 0 Å². The number of halogens is 3. The molecule has 0 aliphatic carbocycles. The van der Waals surface area contributed by atoms with E-state index in [0.29, 0.717) is 33.3 Å². The number of carbonyl (C=O) groups is 1. The Labute approximate surface area is 140 Å². The third kappa shape index (κ3) is 3.78. The first-order valence-electron chi connectivity index (χ1n) is 6.13. The van der Waals surface area contributed by atoms with Crippen LogP contribution in [0.15, 0.2) is 18.2 Å². The molecule has 0 unspecified atom stereocenters. The minimum atomic E-state index is -0.543. The number of pyridine rings is 1. The maximum absolute atomic E-state index is 11.7. The van der Waals surface area contributed by atoms with Gasteiger partial charge in [0.05, 0.1) is 29.6 Å². The number of alkyl halides is 1. The van der Waals surface area contributed by atoms with Gasteiger partial charge in [-0.25, -0.2) is 9.78 Å². The fourth-order valence-corrected chi connectivity index (χ4v) is 2.61. The minimum absolute atomic E-state index is 0.150. The zero-order valence-corrected chi connectivity index (χ0v) is 14.3. The summed E-state index contributed by atoms with van der Waals surface area (Å²) in [5, 5.41) is 2.31. The summed E-state index contributed by atoms with van der Waals surface area (Å²) in [6.07, 6.45) is 0.822. The lowest BCUT2D eigenvalue weighted by atomic mass is 10.1. The molecule has 0 saturated heterocycles. The fourth-order valence-electron chi connectivity index (χ4n) is 1.81. The standard InChI is InChI=1S/C14H12BrCl2NO3/c1-20-14(19)11-7-12(21-4-2-3-15)13-9(17)5-8(16)6-10(13)18-11/h5-7H,2-4H2,1H3. The van der Waals surface area contributed by atoms with Crippen LogP contribution in [-0.4, -0.2) is 30.0 Å². The number of benzene rings is 1. The first-order valence-corrected chi connectivity index (χ1v) is 8.01. The highest BCUT2D eigenvalue weighted by molar-refractivity contribution is 9.09. The van der Waals surface area contributed by atoms with E-state index in [9.17, 15) is 4.79 Å². The molecular weight excluding hydrogens is 381 g/mol. The van der Waals surface area contributed by atoms with Gasteiger partial charge in [0, 0.05) is 16.4 Å². The predicted octanol–water partition coefficient (Wildman–Crippen LogP) is 4.49. The van der Waals surface area contributed by atoms with E-state index in [1.807, 2.05) is 0 Å². The van der Waals surface area contributed by atoms with Gasteiger partial charge >= 0.3 is 5.97 Å². The van der Waals surface area contributed by atoms with Gasteiger partial charge in [0.25, 0.3) is 0 Å². The Morgan fingerprint density at radius 2 is 2.10 bits per heavy atom. The lowest BCUT2D eigenvalue weighted by Gasteiger charge is -2.12. The van der Waals surface area contributed by atoms with Crippen molar-refractivity contribution >= 4 is 56.0 Å². The molecule has 2 rings (SSSR count). The number of rotatable bonds is 5. The van der Waals surface area contributed by atoms with Crippen LogP contribution in [0.1, 0.15) is 16.9 Å². The van der Waals surface area contributed by atoms with Crippen molar-refractivity contribution in [1.82, 2.24) is 4.98 Å². The van der Waals surface area contributed by atoms with Crippen molar-refractivity contribution in [2.75, 3.05) is 19.0 Å². The number of hydrogen-bond donors (Lipinski definition) is 0. The van der Waals surface area contributed by atoms with Gasteiger partial charge in [0.2, 0.25) is 0 Å². The van der Waals surface area contributed by atoms with Gasteiger partial charge in [-0.15, -0.1) is 0 Å². The molecule has 0 saturated carbocycles. The molecule has 0 bridgehead atoms. The van der Waals surface area contributed by atoms with E-state index in [4.69, 9.17) is 32.7 Å². The average molecular weight is 393 g/mol. The van der Waals surface area contributed by atoms with E-state index in [1.54, 1.807) is 12.1 Å². The van der Waals surface area contributed by atoms with Crippen LogP contribution in [0.25, 0.3) is 10.9 Å². The first-order chi connectivity index (χ1) is 10.1. The smallest absolute Gasteiger partial charge is 0.356 e. The molecule has 0 N–H and O–H groups in total. The van der Waals surface area contributed by atoms with Crippen molar-refractivity contribution in [3.8, 4) is 5.75 Å². The van der Waals surface area contributed by atoms with Crippen molar-refractivity contribution < 1.29 is 14.3 Å². The molecule has 1 aromatic carbocycles. The summed E-state index contributed by atoms with van der Waals surface area (Å²) in [6.45, 7) is 0.490. The number of fused-ring (bicyclic) bond motifs is 1. The molecular formula is C14H12BrCl2NO3. The monoisotopic (exact) mass is 391 g/mol. The van der Waals surface area contributed by atoms with Crippen LogP contribution < -0.4 is 4.74 Å². The second kappa shape index (κ2) is 7.29. The van der Waals surface area contributed by atoms with Crippen molar-refractivity contribution in [2.45, 2.75) is 6.42 Å². The number of methoxy groups -OCH3 is 1. The fraction of sp³-hybridized carbons (Fsp3) is 0.286. The number of ether oxygens (including phenoxy) is 2. The molecule has 1 heterocycles. The maximum atomic E-state index is 11.7. The number of esters is 1. The average Bonchev–Trinajstić information content (AvgIpc) is 2.45.